The van der Waals surface area contributed by atoms with E-state index in [2.05, 4.69) is 24.0 Å². The number of phenolic OH excluding ortho intramolecular Hbond substituents is 2. The molecule has 2 N–H and O–H groups in total. The maximum atomic E-state index is 10.2. The van der Waals surface area contributed by atoms with Gasteiger partial charge in [0.25, 0.3) is 0 Å². The van der Waals surface area contributed by atoms with Crippen molar-refractivity contribution in [1.29, 1.82) is 0 Å². The first-order valence-electron chi connectivity index (χ1n) is 12.9. The van der Waals surface area contributed by atoms with Gasteiger partial charge in [-0.1, -0.05) is 37.6 Å². The van der Waals surface area contributed by atoms with Crippen LogP contribution < -0.4 is 9.47 Å². The summed E-state index contributed by atoms with van der Waals surface area (Å²) < 4.78 is 12.6. The number of aromatic hydroxyl groups is 2. The van der Waals surface area contributed by atoms with Gasteiger partial charge in [-0.3, -0.25) is 4.90 Å². The Morgan fingerprint density at radius 3 is 2.26 bits per heavy atom. The van der Waals surface area contributed by atoms with Gasteiger partial charge in [-0.2, -0.15) is 0 Å². The van der Waals surface area contributed by atoms with Crippen LogP contribution in [0.4, 0.5) is 0 Å². The van der Waals surface area contributed by atoms with Crippen molar-refractivity contribution < 1.29 is 19.7 Å². The number of hydrogen-bond acceptors (Lipinski definition) is 5. The van der Waals surface area contributed by atoms with E-state index >= 15 is 0 Å². The highest BCUT2D eigenvalue weighted by Gasteiger charge is 2.39. The molecule has 5 nitrogen and oxygen atoms in total. The Balaban J connectivity index is 1.39. The molecule has 2 aliphatic rings. The minimum Gasteiger partial charge on any atom is -0.508 e. The summed E-state index contributed by atoms with van der Waals surface area (Å²) in [5.74, 6) is 2.40. The number of fused-ring (bicyclic) bond motifs is 1. The number of ether oxygens (including phenoxy) is 2. The quantitative estimate of drug-likeness (QED) is 0.417. The summed E-state index contributed by atoms with van der Waals surface area (Å²) in [5.41, 5.74) is 3.22. The van der Waals surface area contributed by atoms with Crippen LogP contribution in [0.15, 0.2) is 66.7 Å². The molecule has 0 aliphatic carbocycles. The van der Waals surface area contributed by atoms with Gasteiger partial charge in [0.05, 0.1) is 0 Å². The van der Waals surface area contributed by atoms with Gasteiger partial charge < -0.3 is 19.7 Å². The van der Waals surface area contributed by atoms with Crippen molar-refractivity contribution in [3.05, 3.63) is 83.4 Å². The van der Waals surface area contributed by atoms with Crippen LogP contribution in [0.2, 0.25) is 0 Å². The molecule has 0 spiro atoms. The van der Waals surface area contributed by atoms with Gasteiger partial charge in [0.15, 0.2) is 0 Å². The van der Waals surface area contributed by atoms with Crippen molar-refractivity contribution in [2.75, 3.05) is 26.2 Å². The summed E-state index contributed by atoms with van der Waals surface area (Å²) in [4.78, 5) is 2.48. The molecular weight excluding hydrogens is 438 g/mol. The van der Waals surface area contributed by atoms with Crippen LogP contribution in [0.1, 0.15) is 67.2 Å². The molecule has 0 aromatic heterocycles. The third kappa shape index (κ3) is 5.25. The van der Waals surface area contributed by atoms with E-state index < -0.39 is 0 Å². The summed E-state index contributed by atoms with van der Waals surface area (Å²) >= 11 is 0. The molecule has 0 radical (unpaired) electrons. The molecular formula is C30H35NO4. The van der Waals surface area contributed by atoms with Gasteiger partial charge in [-0.25, -0.2) is 0 Å². The first-order valence-corrected chi connectivity index (χ1v) is 12.9. The van der Waals surface area contributed by atoms with Crippen LogP contribution in [0, 0.1) is 0 Å². The molecule has 2 aliphatic heterocycles. The molecule has 0 bridgehead atoms. The van der Waals surface area contributed by atoms with E-state index in [1.54, 1.807) is 18.2 Å². The SMILES string of the molecule is CC[C@H]1c2cc(O)ccc2O[C@H](c2ccc(OCCN3CCCCC3)cc2)[C@@H]1c1ccc(O)cc1. The van der Waals surface area contributed by atoms with Crippen LogP contribution in [0.25, 0.3) is 0 Å². The summed E-state index contributed by atoms with van der Waals surface area (Å²) in [5, 5.41) is 20.0. The number of phenols is 2. The smallest absolute Gasteiger partial charge is 0.131 e. The van der Waals surface area contributed by atoms with E-state index in [1.807, 2.05) is 36.4 Å². The minimum absolute atomic E-state index is 0.0424. The molecule has 3 aromatic carbocycles. The first-order chi connectivity index (χ1) is 17.1. The normalized spacial score (nSPS) is 22.3. The van der Waals surface area contributed by atoms with Gasteiger partial charge >= 0.3 is 0 Å². The average Bonchev–Trinajstić information content (AvgIpc) is 2.89. The zero-order valence-corrected chi connectivity index (χ0v) is 20.4. The summed E-state index contributed by atoms with van der Waals surface area (Å²) in [7, 11) is 0. The third-order valence-corrected chi connectivity index (χ3v) is 7.46. The largest absolute Gasteiger partial charge is 0.508 e. The second-order valence-electron chi connectivity index (χ2n) is 9.71. The molecule has 5 rings (SSSR count). The van der Waals surface area contributed by atoms with Crippen LogP contribution in [0.5, 0.6) is 23.0 Å². The zero-order valence-electron chi connectivity index (χ0n) is 20.4. The molecule has 35 heavy (non-hydrogen) atoms. The maximum Gasteiger partial charge on any atom is 0.131 e. The van der Waals surface area contributed by atoms with Gasteiger partial charge in [0.2, 0.25) is 0 Å². The zero-order chi connectivity index (χ0) is 24.2. The Hall–Kier alpha value is -3.18. The van der Waals surface area contributed by atoms with Crippen molar-refractivity contribution in [2.45, 2.75) is 50.5 Å². The number of rotatable bonds is 7. The van der Waals surface area contributed by atoms with Gasteiger partial charge in [-0.05, 0) is 91.9 Å². The number of benzene rings is 3. The van der Waals surface area contributed by atoms with Crippen LogP contribution in [0.3, 0.4) is 0 Å². The lowest BCUT2D eigenvalue weighted by molar-refractivity contribution is 0.131. The number of likely N-dealkylation sites (tertiary alicyclic amines) is 1. The van der Waals surface area contributed by atoms with Crippen LogP contribution in [-0.4, -0.2) is 41.4 Å². The monoisotopic (exact) mass is 473 g/mol. The highest BCUT2D eigenvalue weighted by atomic mass is 16.5. The lowest BCUT2D eigenvalue weighted by Crippen LogP contribution is -2.33. The standard InChI is InChI=1S/C30H35NO4/c1-2-26-27-20-24(33)12-15-28(27)35-30(29(26)21-6-10-23(32)11-7-21)22-8-13-25(14-9-22)34-19-18-31-16-4-3-5-17-31/h6-15,20,26,29-30,32-33H,2-5,16-19H2,1H3/t26-,29+,30+/m0/s1. The van der Waals surface area contributed by atoms with E-state index in [9.17, 15) is 10.2 Å². The number of hydrogen-bond donors (Lipinski definition) is 2. The summed E-state index contributed by atoms with van der Waals surface area (Å²) in [6.45, 7) is 6.20. The van der Waals surface area contributed by atoms with E-state index in [1.165, 1.54) is 32.4 Å². The Morgan fingerprint density at radius 1 is 0.857 bits per heavy atom. The molecule has 0 unspecified atom stereocenters. The van der Waals surface area contributed by atoms with Crippen molar-refractivity contribution in [3.63, 3.8) is 0 Å². The van der Waals surface area contributed by atoms with Crippen molar-refractivity contribution in [3.8, 4) is 23.0 Å². The first kappa shape index (κ1) is 23.6. The molecule has 0 amide bonds. The van der Waals surface area contributed by atoms with Crippen molar-refractivity contribution >= 4 is 0 Å². The molecule has 5 heteroatoms. The third-order valence-electron chi connectivity index (χ3n) is 7.46. The molecule has 184 valence electrons. The van der Waals surface area contributed by atoms with Crippen molar-refractivity contribution in [2.24, 2.45) is 0 Å². The van der Waals surface area contributed by atoms with Gasteiger partial charge in [0, 0.05) is 18.0 Å². The van der Waals surface area contributed by atoms with Gasteiger partial charge in [-0.15, -0.1) is 0 Å². The molecule has 2 heterocycles. The maximum absolute atomic E-state index is 10.2. The molecule has 0 saturated carbocycles. The van der Waals surface area contributed by atoms with Crippen molar-refractivity contribution in [1.82, 2.24) is 4.90 Å². The number of piperidine rings is 1. The summed E-state index contributed by atoms with van der Waals surface area (Å²) in [6, 6.07) is 21.1. The Labute approximate surface area is 207 Å². The fraction of sp³-hybridized carbons (Fsp3) is 0.400. The fourth-order valence-electron chi connectivity index (χ4n) is 5.63. The second kappa shape index (κ2) is 10.6. The highest BCUT2D eigenvalue weighted by molar-refractivity contribution is 5.48. The second-order valence-corrected chi connectivity index (χ2v) is 9.71. The predicted octanol–water partition coefficient (Wildman–Crippen LogP) is 6.37. The lowest BCUT2D eigenvalue weighted by Gasteiger charge is -2.40. The minimum atomic E-state index is -0.191. The molecule has 1 fully saturated rings. The Morgan fingerprint density at radius 2 is 1.54 bits per heavy atom. The highest BCUT2D eigenvalue weighted by Crippen LogP contribution is 2.53. The van der Waals surface area contributed by atoms with Gasteiger partial charge in [0.1, 0.15) is 35.7 Å². The average molecular weight is 474 g/mol. The van der Waals surface area contributed by atoms with E-state index in [0.29, 0.717) is 6.61 Å². The Bertz CT molecular complexity index is 1110. The Kier molecular flexibility index (Phi) is 7.14. The van der Waals surface area contributed by atoms with Crippen LogP contribution >= 0.6 is 0 Å². The predicted molar refractivity (Wildman–Crippen MR) is 138 cm³/mol. The van der Waals surface area contributed by atoms with Crippen LogP contribution in [-0.2, 0) is 0 Å². The molecule has 1 saturated heterocycles. The molecule has 3 aromatic rings. The topological polar surface area (TPSA) is 62.2 Å². The lowest BCUT2D eigenvalue weighted by atomic mass is 9.73. The number of nitrogens with zero attached hydrogens (tertiary/aromatic N) is 1. The van der Waals surface area contributed by atoms with E-state index in [4.69, 9.17) is 9.47 Å². The van der Waals surface area contributed by atoms with E-state index in [-0.39, 0.29) is 29.4 Å². The summed E-state index contributed by atoms with van der Waals surface area (Å²) in [6.07, 6.45) is 4.64. The fourth-order valence-corrected chi connectivity index (χ4v) is 5.63. The van der Waals surface area contributed by atoms with E-state index in [0.717, 1.165) is 41.2 Å². The molecule has 3 atom stereocenters.